The van der Waals surface area contributed by atoms with E-state index < -0.39 is 0 Å². The van der Waals surface area contributed by atoms with Crippen LogP contribution in [0.1, 0.15) is 26.8 Å². The first-order chi connectivity index (χ1) is 7.06. The number of halogens is 1. The van der Waals surface area contributed by atoms with Gasteiger partial charge in [-0.1, -0.05) is 6.92 Å². The van der Waals surface area contributed by atoms with Gasteiger partial charge in [0, 0.05) is 23.9 Å². The molecule has 0 spiro atoms. The summed E-state index contributed by atoms with van der Waals surface area (Å²) in [6.45, 7) is 5.81. The number of aromatic nitrogens is 2. The van der Waals surface area contributed by atoms with E-state index in [0.717, 1.165) is 0 Å². The largest absolute Gasteiger partial charge is 0.311 e. The fraction of sp³-hybridized carbons (Fsp3) is 0.600. The smallest absolute Gasteiger partial charge is 0.229 e. The van der Waals surface area contributed by atoms with E-state index in [-0.39, 0.29) is 17.9 Å². The SMILES string of the molecule is CC(CCl)C(=O)Nc1ccnn1C(C)C. The van der Waals surface area contributed by atoms with Gasteiger partial charge in [-0.3, -0.25) is 4.79 Å². The number of amides is 1. The molecule has 1 N–H and O–H groups in total. The lowest BCUT2D eigenvalue weighted by Crippen LogP contribution is -2.23. The highest BCUT2D eigenvalue weighted by Gasteiger charge is 2.14. The standard InChI is InChI=1S/C10H16ClN3O/c1-7(2)14-9(4-5-12-14)13-10(15)8(3)6-11/h4-5,7-8H,6H2,1-3H3,(H,13,15). The minimum atomic E-state index is -0.192. The number of carbonyl (C=O) groups is 1. The molecular formula is C10H16ClN3O. The zero-order chi connectivity index (χ0) is 11.4. The van der Waals surface area contributed by atoms with Gasteiger partial charge >= 0.3 is 0 Å². The molecule has 0 aliphatic carbocycles. The molecule has 0 radical (unpaired) electrons. The van der Waals surface area contributed by atoms with Gasteiger partial charge in [-0.2, -0.15) is 5.10 Å². The maximum atomic E-state index is 11.6. The average molecular weight is 230 g/mol. The van der Waals surface area contributed by atoms with Crippen molar-refractivity contribution >= 4 is 23.3 Å². The van der Waals surface area contributed by atoms with E-state index in [4.69, 9.17) is 11.6 Å². The third kappa shape index (κ3) is 2.96. The van der Waals surface area contributed by atoms with Crippen LogP contribution in [-0.2, 0) is 4.79 Å². The molecule has 0 aliphatic heterocycles. The summed E-state index contributed by atoms with van der Waals surface area (Å²) in [6.07, 6.45) is 1.67. The molecule has 0 saturated heterocycles. The summed E-state index contributed by atoms with van der Waals surface area (Å²) in [5.41, 5.74) is 0. The van der Waals surface area contributed by atoms with Crippen molar-refractivity contribution < 1.29 is 4.79 Å². The summed E-state index contributed by atoms with van der Waals surface area (Å²) in [4.78, 5) is 11.6. The topological polar surface area (TPSA) is 46.9 Å². The molecule has 1 atom stereocenters. The minimum absolute atomic E-state index is 0.0765. The van der Waals surface area contributed by atoms with E-state index in [9.17, 15) is 4.79 Å². The molecule has 1 heterocycles. The Balaban J connectivity index is 2.72. The summed E-state index contributed by atoms with van der Waals surface area (Å²) < 4.78 is 1.76. The molecule has 1 aromatic heterocycles. The predicted molar refractivity (Wildman–Crippen MR) is 61.1 cm³/mol. The Morgan fingerprint density at radius 2 is 2.27 bits per heavy atom. The minimum Gasteiger partial charge on any atom is -0.311 e. The van der Waals surface area contributed by atoms with Crippen molar-refractivity contribution in [3.63, 3.8) is 0 Å². The normalized spacial score (nSPS) is 12.9. The van der Waals surface area contributed by atoms with Gasteiger partial charge in [-0.25, -0.2) is 4.68 Å². The van der Waals surface area contributed by atoms with Crippen LogP contribution in [0.25, 0.3) is 0 Å². The molecule has 0 saturated carbocycles. The molecule has 15 heavy (non-hydrogen) atoms. The van der Waals surface area contributed by atoms with E-state index in [2.05, 4.69) is 10.4 Å². The predicted octanol–water partition coefficient (Wildman–Crippen LogP) is 2.28. The van der Waals surface area contributed by atoms with Gasteiger partial charge in [0.15, 0.2) is 0 Å². The van der Waals surface area contributed by atoms with Crippen LogP contribution < -0.4 is 5.32 Å². The highest BCUT2D eigenvalue weighted by Crippen LogP contribution is 2.14. The second-order valence-corrected chi connectivity index (χ2v) is 4.11. The van der Waals surface area contributed by atoms with E-state index in [0.29, 0.717) is 11.7 Å². The van der Waals surface area contributed by atoms with Crippen LogP contribution >= 0.6 is 11.6 Å². The second-order valence-electron chi connectivity index (χ2n) is 3.80. The van der Waals surface area contributed by atoms with Gasteiger partial charge in [0.1, 0.15) is 5.82 Å². The highest BCUT2D eigenvalue weighted by atomic mass is 35.5. The number of anilines is 1. The Bertz CT molecular complexity index is 335. The number of nitrogens with one attached hydrogen (secondary N) is 1. The fourth-order valence-electron chi connectivity index (χ4n) is 1.14. The number of hydrogen-bond donors (Lipinski definition) is 1. The van der Waals surface area contributed by atoms with E-state index in [1.807, 2.05) is 13.8 Å². The fourth-order valence-corrected chi connectivity index (χ4v) is 1.28. The molecule has 4 nitrogen and oxygen atoms in total. The van der Waals surface area contributed by atoms with Crippen LogP contribution in [0.4, 0.5) is 5.82 Å². The van der Waals surface area contributed by atoms with Crippen molar-refractivity contribution in [2.24, 2.45) is 5.92 Å². The summed E-state index contributed by atoms with van der Waals surface area (Å²) in [7, 11) is 0. The lowest BCUT2D eigenvalue weighted by molar-refractivity contribution is -0.118. The van der Waals surface area contributed by atoms with Crippen LogP contribution in [0.3, 0.4) is 0 Å². The lowest BCUT2D eigenvalue weighted by Gasteiger charge is -2.13. The van der Waals surface area contributed by atoms with E-state index >= 15 is 0 Å². The van der Waals surface area contributed by atoms with Crippen molar-refractivity contribution in [3.8, 4) is 0 Å². The van der Waals surface area contributed by atoms with Crippen LogP contribution in [-0.4, -0.2) is 21.6 Å². The molecule has 1 unspecified atom stereocenters. The summed E-state index contributed by atoms with van der Waals surface area (Å²) in [5.74, 6) is 0.767. The summed E-state index contributed by atoms with van der Waals surface area (Å²) in [5, 5.41) is 6.92. The zero-order valence-electron chi connectivity index (χ0n) is 9.20. The Morgan fingerprint density at radius 3 is 2.80 bits per heavy atom. The third-order valence-corrected chi connectivity index (χ3v) is 2.55. The number of hydrogen-bond acceptors (Lipinski definition) is 2. The molecule has 0 aliphatic rings. The average Bonchev–Trinajstić information content (AvgIpc) is 2.64. The maximum absolute atomic E-state index is 11.6. The van der Waals surface area contributed by atoms with E-state index in [1.54, 1.807) is 23.9 Å². The van der Waals surface area contributed by atoms with Gasteiger partial charge in [0.25, 0.3) is 0 Å². The molecule has 84 valence electrons. The maximum Gasteiger partial charge on any atom is 0.229 e. The number of rotatable bonds is 4. The van der Waals surface area contributed by atoms with Crippen molar-refractivity contribution in [2.45, 2.75) is 26.8 Å². The van der Waals surface area contributed by atoms with Gasteiger partial charge in [0.2, 0.25) is 5.91 Å². The van der Waals surface area contributed by atoms with Crippen molar-refractivity contribution in [1.82, 2.24) is 9.78 Å². The van der Waals surface area contributed by atoms with Gasteiger partial charge in [0.05, 0.1) is 6.20 Å². The summed E-state index contributed by atoms with van der Waals surface area (Å²) in [6, 6.07) is 2.00. The summed E-state index contributed by atoms with van der Waals surface area (Å²) >= 11 is 5.61. The molecule has 1 amide bonds. The molecule has 1 aromatic rings. The monoisotopic (exact) mass is 229 g/mol. The molecule has 0 aromatic carbocycles. The number of carbonyl (C=O) groups excluding carboxylic acids is 1. The van der Waals surface area contributed by atoms with Crippen LogP contribution in [0.2, 0.25) is 0 Å². The highest BCUT2D eigenvalue weighted by molar-refractivity contribution is 6.19. The van der Waals surface area contributed by atoms with Gasteiger partial charge in [-0.05, 0) is 13.8 Å². The number of alkyl halides is 1. The molecule has 1 rings (SSSR count). The zero-order valence-corrected chi connectivity index (χ0v) is 9.95. The number of nitrogens with zero attached hydrogens (tertiary/aromatic N) is 2. The third-order valence-electron chi connectivity index (χ3n) is 2.09. The lowest BCUT2D eigenvalue weighted by atomic mass is 10.2. The quantitative estimate of drug-likeness (QED) is 0.806. The van der Waals surface area contributed by atoms with E-state index in [1.165, 1.54) is 0 Å². The van der Waals surface area contributed by atoms with Crippen LogP contribution in [0, 0.1) is 5.92 Å². The Kier molecular flexibility index (Phi) is 4.15. The van der Waals surface area contributed by atoms with Crippen LogP contribution in [0.5, 0.6) is 0 Å². The molecule has 0 fully saturated rings. The first kappa shape index (κ1) is 12.0. The van der Waals surface area contributed by atoms with Crippen molar-refractivity contribution in [1.29, 1.82) is 0 Å². The Morgan fingerprint density at radius 1 is 1.60 bits per heavy atom. The first-order valence-electron chi connectivity index (χ1n) is 4.96. The Hall–Kier alpha value is -1.03. The Labute approximate surface area is 94.6 Å². The first-order valence-corrected chi connectivity index (χ1v) is 5.50. The van der Waals surface area contributed by atoms with Gasteiger partial charge in [-0.15, -0.1) is 11.6 Å². The van der Waals surface area contributed by atoms with Gasteiger partial charge < -0.3 is 5.32 Å². The van der Waals surface area contributed by atoms with Crippen molar-refractivity contribution in [2.75, 3.05) is 11.2 Å². The molecule has 5 heteroatoms. The second kappa shape index (κ2) is 5.16. The molecule has 0 bridgehead atoms. The van der Waals surface area contributed by atoms with Crippen molar-refractivity contribution in [3.05, 3.63) is 12.3 Å². The van der Waals surface area contributed by atoms with Crippen LogP contribution in [0.15, 0.2) is 12.3 Å². The molecular weight excluding hydrogens is 214 g/mol.